The lowest BCUT2D eigenvalue weighted by Crippen LogP contribution is -2.21. The topological polar surface area (TPSA) is 20.2 Å². The predicted octanol–water partition coefficient (Wildman–Crippen LogP) is 3.31. The van der Waals surface area contributed by atoms with Gasteiger partial charge >= 0.3 is 0 Å². The monoisotopic (exact) mass is 260 g/mol. The van der Waals surface area contributed by atoms with Gasteiger partial charge in [-0.05, 0) is 32.0 Å². The van der Waals surface area contributed by atoms with Crippen molar-refractivity contribution in [2.24, 2.45) is 0 Å². The first-order valence-corrected chi connectivity index (χ1v) is 5.86. The van der Waals surface area contributed by atoms with Gasteiger partial charge in [0.1, 0.15) is 0 Å². The Hall–Kier alpha value is 0.01000. The minimum atomic E-state index is -0.604. The van der Waals surface area contributed by atoms with Crippen molar-refractivity contribution in [3.8, 4) is 0 Å². The number of benzene rings is 1. The van der Waals surface area contributed by atoms with Crippen molar-refractivity contribution in [1.29, 1.82) is 0 Å². The molecule has 1 N–H and O–H groups in total. The Labute approximate surface area is 91.7 Å². The number of halogens is 1. The summed E-state index contributed by atoms with van der Waals surface area (Å²) in [5.41, 5.74) is -0.604. The molecule has 0 aromatic heterocycles. The van der Waals surface area contributed by atoms with E-state index in [2.05, 4.69) is 22.0 Å². The molecule has 0 atom stereocenters. The van der Waals surface area contributed by atoms with Crippen LogP contribution in [0, 0.1) is 0 Å². The molecule has 0 radical (unpaired) electrons. The molecule has 3 heteroatoms. The molecule has 13 heavy (non-hydrogen) atoms. The second kappa shape index (κ2) is 4.49. The summed E-state index contributed by atoms with van der Waals surface area (Å²) in [4.78, 5) is 1.18. The molecule has 1 nitrogen and oxygen atoms in total. The Balaban J connectivity index is 2.55. The maximum atomic E-state index is 9.52. The van der Waals surface area contributed by atoms with E-state index >= 15 is 0 Å². The summed E-state index contributed by atoms with van der Waals surface area (Å²) in [5, 5.41) is 9.52. The number of thioether (sulfide) groups is 1. The van der Waals surface area contributed by atoms with E-state index in [4.69, 9.17) is 0 Å². The van der Waals surface area contributed by atoms with E-state index in [1.165, 1.54) is 4.90 Å². The molecule has 0 aliphatic rings. The van der Waals surface area contributed by atoms with Gasteiger partial charge < -0.3 is 5.11 Å². The van der Waals surface area contributed by atoms with E-state index in [1.807, 2.05) is 32.0 Å². The van der Waals surface area contributed by atoms with Crippen LogP contribution in [-0.4, -0.2) is 16.5 Å². The summed E-state index contributed by atoms with van der Waals surface area (Å²) >= 11 is 5.07. The summed E-state index contributed by atoms with van der Waals surface area (Å²) in [6.45, 7) is 3.63. The van der Waals surface area contributed by atoms with Crippen LogP contribution in [0.4, 0.5) is 0 Å². The Bertz CT molecular complexity index is 280. The highest BCUT2D eigenvalue weighted by Gasteiger charge is 2.12. The fraction of sp³-hybridized carbons (Fsp3) is 0.400. The van der Waals surface area contributed by atoms with Crippen molar-refractivity contribution in [3.05, 3.63) is 28.7 Å². The van der Waals surface area contributed by atoms with Gasteiger partial charge in [-0.2, -0.15) is 0 Å². The summed E-state index contributed by atoms with van der Waals surface area (Å²) in [6, 6.07) is 8.09. The van der Waals surface area contributed by atoms with Crippen LogP contribution in [0.2, 0.25) is 0 Å². The van der Waals surface area contributed by atoms with Crippen LogP contribution in [0.3, 0.4) is 0 Å². The van der Waals surface area contributed by atoms with Crippen LogP contribution < -0.4 is 0 Å². The van der Waals surface area contributed by atoms with E-state index < -0.39 is 5.60 Å². The Kier molecular flexibility index (Phi) is 3.83. The first-order valence-electron chi connectivity index (χ1n) is 4.08. The second-order valence-electron chi connectivity index (χ2n) is 3.56. The third kappa shape index (κ3) is 4.69. The van der Waals surface area contributed by atoms with Crippen LogP contribution in [-0.2, 0) is 0 Å². The SMILES string of the molecule is CC(C)(O)CSc1cccc(Br)c1. The Morgan fingerprint density at radius 2 is 2.15 bits per heavy atom. The number of rotatable bonds is 3. The lowest BCUT2D eigenvalue weighted by Gasteiger charge is -2.15. The molecule has 72 valence electrons. The van der Waals surface area contributed by atoms with Crippen LogP contribution in [0.15, 0.2) is 33.6 Å². The highest BCUT2D eigenvalue weighted by atomic mass is 79.9. The fourth-order valence-electron chi connectivity index (χ4n) is 0.817. The van der Waals surface area contributed by atoms with Gasteiger partial charge in [0.2, 0.25) is 0 Å². The standard InChI is InChI=1S/C10H13BrOS/c1-10(2,12)7-13-9-5-3-4-8(11)6-9/h3-6,12H,7H2,1-2H3. The molecule has 0 amide bonds. The Morgan fingerprint density at radius 3 is 2.69 bits per heavy atom. The predicted molar refractivity (Wildman–Crippen MR) is 61.2 cm³/mol. The molecule has 0 aliphatic heterocycles. The van der Waals surface area contributed by atoms with Crippen molar-refractivity contribution in [2.75, 3.05) is 5.75 Å². The summed E-state index contributed by atoms with van der Waals surface area (Å²) < 4.78 is 1.08. The minimum absolute atomic E-state index is 0.604. The van der Waals surface area contributed by atoms with Crippen molar-refractivity contribution in [2.45, 2.75) is 24.3 Å². The van der Waals surface area contributed by atoms with Gasteiger partial charge in [-0.15, -0.1) is 11.8 Å². The molecule has 1 rings (SSSR count). The van der Waals surface area contributed by atoms with E-state index in [1.54, 1.807) is 11.8 Å². The van der Waals surface area contributed by atoms with E-state index in [9.17, 15) is 5.11 Å². The van der Waals surface area contributed by atoms with Gasteiger partial charge in [-0.25, -0.2) is 0 Å². The quantitative estimate of drug-likeness (QED) is 0.842. The van der Waals surface area contributed by atoms with Crippen LogP contribution in [0.5, 0.6) is 0 Å². The minimum Gasteiger partial charge on any atom is -0.390 e. The normalized spacial score (nSPS) is 11.7. The maximum absolute atomic E-state index is 9.52. The first-order chi connectivity index (χ1) is 5.97. The fourth-order valence-corrected chi connectivity index (χ4v) is 2.27. The third-order valence-corrected chi connectivity index (χ3v) is 3.32. The summed E-state index contributed by atoms with van der Waals surface area (Å²) in [7, 11) is 0. The highest BCUT2D eigenvalue weighted by molar-refractivity contribution is 9.10. The highest BCUT2D eigenvalue weighted by Crippen LogP contribution is 2.24. The smallest absolute Gasteiger partial charge is 0.0685 e. The van der Waals surface area contributed by atoms with Gasteiger partial charge in [0, 0.05) is 15.1 Å². The molecule has 0 saturated heterocycles. The van der Waals surface area contributed by atoms with Gasteiger partial charge in [0.15, 0.2) is 0 Å². The van der Waals surface area contributed by atoms with Crippen molar-refractivity contribution < 1.29 is 5.11 Å². The van der Waals surface area contributed by atoms with E-state index in [0.29, 0.717) is 5.75 Å². The molecular formula is C10H13BrOS. The van der Waals surface area contributed by atoms with Crippen molar-refractivity contribution >= 4 is 27.7 Å². The largest absolute Gasteiger partial charge is 0.390 e. The average molecular weight is 261 g/mol. The van der Waals surface area contributed by atoms with E-state index in [-0.39, 0.29) is 0 Å². The molecule has 0 fully saturated rings. The number of aliphatic hydroxyl groups is 1. The summed E-state index contributed by atoms with van der Waals surface area (Å²) in [6.07, 6.45) is 0. The van der Waals surface area contributed by atoms with Gasteiger partial charge in [-0.1, -0.05) is 22.0 Å². The number of hydrogen-bond acceptors (Lipinski definition) is 2. The molecule has 1 aromatic rings. The second-order valence-corrected chi connectivity index (χ2v) is 5.52. The molecule has 0 bridgehead atoms. The lowest BCUT2D eigenvalue weighted by molar-refractivity contribution is 0.107. The molecule has 0 spiro atoms. The van der Waals surface area contributed by atoms with E-state index in [0.717, 1.165) is 4.47 Å². The van der Waals surface area contributed by atoms with Gasteiger partial charge in [0.25, 0.3) is 0 Å². The molecule has 0 unspecified atom stereocenters. The maximum Gasteiger partial charge on any atom is 0.0685 e. The van der Waals surface area contributed by atoms with Crippen LogP contribution in [0.25, 0.3) is 0 Å². The third-order valence-electron chi connectivity index (χ3n) is 1.39. The molecule has 0 aliphatic carbocycles. The van der Waals surface area contributed by atoms with Crippen molar-refractivity contribution in [1.82, 2.24) is 0 Å². The van der Waals surface area contributed by atoms with Crippen LogP contribution >= 0.6 is 27.7 Å². The summed E-state index contributed by atoms with van der Waals surface area (Å²) in [5.74, 6) is 0.712. The molecule has 0 heterocycles. The first kappa shape index (κ1) is 11.1. The zero-order valence-corrected chi connectivity index (χ0v) is 10.2. The Morgan fingerprint density at radius 1 is 1.46 bits per heavy atom. The molecule has 1 aromatic carbocycles. The zero-order chi connectivity index (χ0) is 9.90. The average Bonchev–Trinajstić information content (AvgIpc) is 2.00. The lowest BCUT2D eigenvalue weighted by atomic mass is 10.2. The molecular weight excluding hydrogens is 248 g/mol. The zero-order valence-electron chi connectivity index (χ0n) is 7.75. The number of hydrogen-bond donors (Lipinski definition) is 1. The van der Waals surface area contributed by atoms with Crippen molar-refractivity contribution in [3.63, 3.8) is 0 Å². The molecule has 0 saturated carbocycles. The van der Waals surface area contributed by atoms with Gasteiger partial charge in [-0.3, -0.25) is 0 Å². The van der Waals surface area contributed by atoms with Crippen LogP contribution in [0.1, 0.15) is 13.8 Å². The van der Waals surface area contributed by atoms with Gasteiger partial charge in [0.05, 0.1) is 5.60 Å².